The molecule has 0 N–H and O–H groups in total. The first-order valence-electron chi connectivity index (χ1n) is 8.39. The van der Waals surface area contributed by atoms with E-state index >= 15 is 0 Å². The molecule has 0 saturated carbocycles. The predicted molar refractivity (Wildman–Crippen MR) is 104 cm³/mol. The lowest BCUT2D eigenvalue weighted by Gasteiger charge is -2.21. The molecule has 8 nitrogen and oxygen atoms in total. The van der Waals surface area contributed by atoms with Crippen molar-refractivity contribution < 1.29 is 8.42 Å². The van der Waals surface area contributed by atoms with E-state index in [2.05, 4.69) is 20.5 Å². The number of hydrogen-bond acceptors (Lipinski definition) is 7. The Bertz CT molecular complexity index is 1110. The molecule has 0 spiro atoms. The van der Waals surface area contributed by atoms with Crippen LogP contribution in [-0.4, -0.2) is 37.9 Å². The molecule has 3 heterocycles. The maximum absolute atomic E-state index is 13.3. The quantitative estimate of drug-likeness (QED) is 0.463. The van der Waals surface area contributed by atoms with Crippen LogP contribution in [0, 0.1) is 0 Å². The van der Waals surface area contributed by atoms with Gasteiger partial charge in [0, 0.05) is 17.6 Å². The van der Waals surface area contributed by atoms with Gasteiger partial charge >= 0.3 is 0 Å². The third kappa shape index (κ3) is 3.98. The van der Waals surface area contributed by atoms with Gasteiger partial charge in [-0.25, -0.2) is 13.1 Å². The second-order valence-corrected chi connectivity index (χ2v) is 8.89. The Balaban J connectivity index is 1.65. The van der Waals surface area contributed by atoms with E-state index in [1.54, 1.807) is 36.5 Å². The standard InChI is InChI=1S/C18H16N6O2S2/c25-28(26,18-8-6-16(7-9-18)24-14-20-21-22-24)23(13-17-5-3-11-27-17)12-15-4-1-2-10-19-15/h1-11,14H,12-13H2. The minimum absolute atomic E-state index is 0.190. The summed E-state index contributed by atoms with van der Waals surface area (Å²) in [6.07, 6.45) is 3.11. The molecule has 142 valence electrons. The Morgan fingerprint density at radius 2 is 1.86 bits per heavy atom. The van der Waals surface area contributed by atoms with Crippen molar-refractivity contribution in [3.63, 3.8) is 0 Å². The highest BCUT2D eigenvalue weighted by molar-refractivity contribution is 7.89. The minimum Gasteiger partial charge on any atom is -0.260 e. The zero-order valence-electron chi connectivity index (χ0n) is 14.7. The van der Waals surface area contributed by atoms with Crippen LogP contribution in [0.15, 0.2) is 77.4 Å². The van der Waals surface area contributed by atoms with Crippen LogP contribution in [0.3, 0.4) is 0 Å². The summed E-state index contributed by atoms with van der Waals surface area (Å²) in [5.74, 6) is 0. The van der Waals surface area contributed by atoms with Gasteiger partial charge in [-0.1, -0.05) is 12.1 Å². The normalized spacial score (nSPS) is 11.8. The number of hydrogen-bond donors (Lipinski definition) is 0. The average Bonchev–Trinajstić information content (AvgIpc) is 3.43. The Morgan fingerprint density at radius 1 is 1.00 bits per heavy atom. The van der Waals surface area contributed by atoms with Crippen LogP contribution in [0.1, 0.15) is 10.6 Å². The molecule has 0 aliphatic heterocycles. The third-order valence-corrected chi connectivity index (χ3v) is 6.73. The van der Waals surface area contributed by atoms with Gasteiger partial charge in [-0.3, -0.25) is 4.98 Å². The van der Waals surface area contributed by atoms with Gasteiger partial charge in [0.2, 0.25) is 10.0 Å². The SMILES string of the molecule is O=S(=O)(c1ccc(-n2cnnn2)cc1)N(Cc1ccccn1)Cc1cccs1. The monoisotopic (exact) mass is 412 g/mol. The number of rotatable bonds is 7. The molecule has 28 heavy (non-hydrogen) atoms. The van der Waals surface area contributed by atoms with Crippen LogP contribution in [0.4, 0.5) is 0 Å². The molecule has 0 atom stereocenters. The Labute approximate surface area is 166 Å². The molecule has 10 heteroatoms. The van der Waals surface area contributed by atoms with Crippen molar-refractivity contribution in [2.75, 3.05) is 0 Å². The summed E-state index contributed by atoms with van der Waals surface area (Å²) in [5.41, 5.74) is 1.37. The Morgan fingerprint density at radius 3 is 2.50 bits per heavy atom. The lowest BCUT2D eigenvalue weighted by Crippen LogP contribution is -2.30. The van der Waals surface area contributed by atoms with Crippen molar-refractivity contribution in [2.24, 2.45) is 0 Å². The summed E-state index contributed by atoms with van der Waals surface area (Å²) in [7, 11) is -3.72. The summed E-state index contributed by atoms with van der Waals surface area (Å²) in [5, 5.41) is 12.9. The summed E-state index contributed by atoms with van der Waals surface area (Å²) >= 11 is 1.52. The predicted octanol–water partition coefficient (Wildman–Crippen LogP) is 2.51. The van der Waals surface area contributed by atoms with Gasteiger partial charge in [0.25, 0.3) is 0 Å². The van der Waals surface area contributed by atoms with Gasteiger partial charge in [0.05, 0.1) is 22.8 Å². The van der Waals surface area contributed by atoms with Crippen LogP contribution in [0.5, 0.6) is 0 Å². The van der Waals surface area contributed by atoms with E-state index in [1.165, 1.54) is 26.7 Å². The van der Waals surface area contributed by atoms with Crippen molar-refractivity contribution in [3.8, 4) is 5.69 Å². The van der Waals surface area contributed by atoms with Crippen LogP contribution >= 0.6 is 11.3 Å². The lowest BCUT2D eigenvalue weighted by atomic mass is 10.3. The second-order valence-electron chi connectivity index (χ2n) is 5.92. The van der Waals surface area contributed by atoms with E-state index in [0.717, 1.165) is 4.88 Å². The maximum atomic E-state index is 13.3. The van der Waals surface area contributed by atoms with Gasteiger partial charge in [-0.05, 0) is 58.3 Å². The fourth-order valence-electron chi connectivity index (χ4n) is 2.67. The van der Waals surface area contributed by atoms with E-state index in [-0.39, 0.29) is 18.0 Å². The molecule has 0 aliphatic rings. The summed E-state index contributed by atoms with van der Waals surface area (Å²) in [6.45, 7) is 0.473. The summed E-state index contributed by atoms with van der Waals surface area (Å²) in [4.78, 5) is 5.44. The molecule has 4 rings (SSSR count). The van der Waals surface area contributed by atoms with E-state index < -0.39 is 10.0 Å². The molecule has 0 amide bonds. The second kappa shape index (κ2) is 7.97. The van der Waals surface area contributed by atoms with E-state index in [4.69, 9.17) is 0 Å². The molecule has 3 aromatic heterocycles. The molecule has 0 fully saturated rings. The molecule has 1 aromatic carbocycles. The molecule has 0 radical (unpaired) electrons. The number of thiophene rings is 1. The zero-order valence-corrected chi connectivity index (χ0v) is 16.3. The summed E-state index contributed by atoms with van der Waals surface area (Å²) in [6, 6.07) is 15.8. The van der Waals surface area contributed by atoms with Gasteiger partial charge in [-0.15, -0.1) is 16.4 Å². The van der Waals surface area contributed by atoms with Gasteiger partial charge in [-0.2, -0.15) is 4.31 Å². The highest BCUT2D eigenvalue weighted by Crippen LogP contribution is 2.23. The largest absolute Gasteiger partial charge is 0.260 e. The molecule has 4 aromatic rings. The highest BCUT2D eigenvalue weighted by atomic mass is 32.2. The average molecular weight is 413 g/mol. The van der Waals surface area contributed by atoms with Gasteiger partial charge in [0.1, 0.15) is 6.33 Å². The first-order chi connectivity index (χ1) is 13.6. The molecule has 0 unspecified atom stereocenters. The van der Waals surface area contributed by atoms with Crippen LogP contribution in [-0.2, 0) is 23.1 Å². The van der Waals surface area contributed by atoms with E-state index in [1.807, 2.05) is 29.6 Å². The topological polar surface area (TPSA) is 93.9 Å². The Kier molecular flexibility index (Phi) is 5.24. The van der Waals surface area contributed by atoms with Gasteiger partial charge < -0.3 is 0 Å². The first kappa shape index (κ1) is 18.4. The number of tetrazole rings is 1. The van der Waals surface area contributed by atoms with Crippen LogP contribution < -0.4 is 0 Å². The minimum atomic E-state index is -3.72. The zero-order chi connectivity index (χ0) is 19.4. The van der Waals surface area contributed by atoms with Crippen LogP contribution in [0.25, 0.3) is 5.69 Å². The maximum Gasteiger partial charge on any atom is 0.243 e. The lowest BCUT2D eigenvalue weighted by molar-refractivity contribution is 0.399. The molecule has 0 aliphatic carbocycles. The van der Waals surface area contributed by atoms with Crippen molar-refractivity contribution in [3.05, 3.63) is 83.1 Å². The molecular formula is C18H16N6O2S2. The molecule has 0 saturated heterocycles. The molecule has 0 bridgehead atoms. The smallest absolute Gasteiger partial charge is 0.243 e. The Hall–Kier alpha value is -2.95. The molecular weight excluding hydrogens is 396 g/mol. The number of pyridine rings is 1. The number of nitrogens with zero attached hydrogens (tertiary/aromatic N) is 6. The van der Waals surface area contributed by atoms with Gasteiger partial charge in [0.15, 0.2) is 0 Å². The van der Waals surface area contributed by atoms with Crippen molar-refractivity contribution in [1.29, 1.82) is 0 Å². The third-order valence-electron chi connectivity index (χ3n) is 4.06. The number of aromatic nitrogens is 5. The van der Waals surface area contributed by atoms with Crippen molar-refractivity contribution >= 4 is 21.4 Å². The summed E-state index contributed by atoms with van der Waals surface area (Å²) < 4.78 is 29.5. The van der Waals surface area contributed by atoms with E-state index in [0.29, 0.717) is 11.4 Å². The number of benzene rings is 1. The highest BCUT2D eigenvalue weighted by Gasteiger charge is 2.25. The fourth-order valence-corrected chi connectivity index (χ4v) is 4.86. The fraction of sp³-hybridized carbons (Fsp3) is 0.111. The van der Waals surface area contributed by atoms with Crippen molar-refractivity contribution in [1.82, 2.24) is 29.5 Å². The van der Waals surface area contributed by atoms with Crippen LogP contribution in [0.2, 0.25) is 0 Å². The first-order valence-corrected chi connectivity index (χ1v) is 10.7. The number of sulfonamides is 1. The van der Waals surface area contributed by atoms with Crippen molar-refractivity contribution in [2.45, 2.75) is 18.0 Å². The van der Waals surface area contributed by atoms with E-state index in [9.17, 15) is 8.42 Å².